The summed E-state index contributed by atoms with van der Waals surface area (Å²) < 4.78 is 7.83. The minimum Gasteiger partial charge on any atom is -0.369 e. The van der Waals surface area contributed by atoms with Crippen LogP contribution >= 0.6 is 0 Å². The van der Waals surface area contributed by atoms with Gasteiger partial charge in [-0.3, -0.25) is 9.36 Å². The number of hydrogen-bond acceptors (Lipinski definition) is 4. The van der Waals surface area contributed by atoms with Crippen molar-refractivity contribution in [1.29, 1.82) is 0 Å². The van der Waals surface area contributed by atoms with Crippen LogP contribution in [-0.4, -0.2) is 15.7 Å². The first kappa shape index (κ1) is 26.0. The van der Waals surface area contributed by atoms with Crippen LogP contribution in [0.2, 0.25) is 0 Å². The standard InChI is InChI=1S/C35H35N3O2/c36-35-37-32-23-29(27-17-15-26(16-18-27)12-8-7-11-25-9-3-1-4-10-25)19-21-31(32)34(39)38(35)24-30-20-22-33(40-30)28-13-5-2-6-14-28/h1-6,9-10,13-19,21,23,30,33H,7-8,11-12,20,22,24H2,(H2,36,37)/t30-,33+/m0/s1. The molecule has 4 aromatic carbocycles. The number of fused-ring (bicyclic) bond motifs is 1. The molecule has 5 nitrogen and oxygen atoms in total. The maximum atomic E-state index is 13.4. The number of unbranched alkanes of at least 4 members (excludes halogenated alkanes) is 1. The molecule has 2 atom stereocenters. The number of aryl methyl sites for hydroxylation is 2. The lowest BCUT2D eigenvalue weighted by molar-refractivity contribution is 0.0348. The Morgan fingerprint density at radius 2 is 1.43 bits per heavy atom. The minimum atomic E-state index is -0.119. The lowest BCUT2D eigenvalue weighted by Crippen LogP contribution is -2.29. The first-order valence-electron chi connectivity index (χ1n) is 14.3. The number of ether oxygens (including phenoxy) is 1. The highest BCUT2D eigenvalue weighted by molar-refractivity contribution is 5.84. The number of rotatable bonds is 9. The van der Waals surface area contributed by atoms with Gasteiger partial charge in [0.25, 0.3) is 5.56 Å². The Kier molecular flexibility index (Phi) is 7.73. The van der Waals surface area contributed by atoms with Gasteiger partial charge in [0, 0.05) is 0 Å². The normalized spacial score (nSPS) is 16.9. The molecule has 1 aliphatic rings. The second-order valence-corrected chi connectivity index (χ2v) is 10.7. The molecule has 2 N–H and O–H groups in total. The fourth-order valence-corrected chi connectivity index (χ4v) is 5.72. The molecule has 2 heterocycles. The van der Waals surface area contributed by atoms with Crippen LogP contribution < -0.4 is 11.3 Å². The maximum Gasteiger partial charge on any atom is 0.262 e. The Hall–Kier alpha value is -4.22. The van der Waals surface area contributed by atoms with Gasteiger partial charge in [-0.1, -0.05) is 91.0 Å². The molecule has 40 heavy (non-hydrogen) atoms. The monoisotopic (exact) mass is 529 g/mol. The second-order valence-electron chi connectivity index (χ2n) is 10.7. The highest BCUT2D eigenvalue weighted by Crippen LogP contribution is 2.33. The van der Waals surface area contributed by atoms with E-state index >= 15 is 0 Å². The molecule has 1 fully saturated rings. The third-order valence-electron chi connectivity index (χ3n) is 7.96. The average Bonchev–Trinajstić information content (AvgIpc) is 3.47. The molecule has 202 valence electrons. The van der Waals surface area contributed by atoms with Gasteiger partial charge in [0.1, 0.15) is 0 Å². The van der Waals surface area contributed by atoms with Crippen molar-refractivity contribution in [2.75, 3.05) is 5.73 Å². The number of anilines is 1. The Morgan fingerprint density at radius 3 is 2.15 bits per heavy atom. The van der Waals surface area contributed by atoms with Crippen molar-refractivity contribution in [2.45, 2.75) is 57.3 Å². The van der Waals surface area contributed by atoms with Crippen LogP contribution in [0.1, 0.15) is 48.5 Å². The van der Waals surface area contributed by atoms with Crippen LogP contribution in [0.3, 0.4) is 0 Å². The van der Waals surface area contributed by atoms with E-state index in [1.807, 2.05) is 36.4 Å². The zero-order valence-corrected chi connectivity index (χ0v) is 22.7. The molecule has 1 aromatic heterocycles. The van der Waals surface area contributed by atoms with E-state index in [0.29, 0.717) is 17.4 Å². The third kappa shape index (κ3) is 5.85. The molecule has 0 saturated carbocycles. The SMILES string of the molecule is Nc1nc2cc(-c3ccc(CCCCc4ccccc4)cc3)ccc2c(=O)n1C[C@@H]1CC[C@H](c2ccccc2)O1. The van der Waals surface area contributed by atoms with Gasteiger partial charge in [-0.25, -0.2) is 4.98 Å². The van der Waals surface area contributed by atoms with Crippen molar-refractivity contribution >= 4 is 16.9 Å². The van der Waals surface area contributed by atoms with Crippen LogP contribution in [-0.2, 0) is 24.1 Å². The first-order chi connectivity index (χ1) is 19.6. The summed E-state index contributed by atoms with van der Waals surface area (Å²) in [6, 6.07) is 35.4. The number of nitrogen functional groups attached to an aromatic ring is 1. The van der Waals surface area contributed by atoms with Crippen molar-refractivity contribution in [1.82, 2.24) is 9.55 Å². The summed E-state index contributed by atoms with van der Waals surface area (Å²) in [5.74, 6) is 0.229. The van der Waals surface area contributed by atoms with Gasteiger partial charge < -0.3 is 10.5 Å². The Balaban J connectivity index is 1.11. The van der Waals surface area contributed by atoms with E-state index in [0.717, 1.165) is 36.8 Å². The quantitative estimate of drug-likeness (QED) is 0.206. The highest BCUT2D eigenvalue weighted by atomic mass is 16.5. The predicted octanol–water partition coefficient (Wildman–Crippen LogP) is 7.13. The molecule has 0 unspecified atom stereocenters. The van der Waals surface area contributed by atoms with Crippen molar-refractivity contribution in [3.63, 3.8) is 0 Å². The molecule has 0 aliphatic carbocycles. The Morgan fingerprint density at radius 1 is 0.775 bits per heavy atom. The number of benzene rings is 4. The fourth-order valence-electron chi connectivity index (χ4n) is 5.72. The minimum absolute atomic E-state index is 0.0553. The van der Waals surface area contributed by atoms with Crippen LogP contribution in [0, 0.1) is 0 Å². The molecular formula is C35H35N3O2. The summed E-state index contributed by atoms with van der Waals surface area (Å²) in [6.07, 6.45) is 6.33. The molecule has 1 aliphatic heterocycles. The number of nitrogens with zero attached hydrogens (tertiary/aromatic N) is 2. The molecule has 6 rings (SSSR count). The average molecular weight is 530 g/mol. The van der Waals surface area contributed by atoms with Crippen molar-refractivity contribution in [3.05, 3.63) is 130 Å². The third-order valence-corrected chi connectivity index (χ3v) is 7.96. The smallest absolute Gasteiger partial charge is 0.262 e. The summed E-state index contributed by atoms with van der Waals surface area (Å²) in [7, 11) is 0. The van der Waals surface area contributed by atoms with Gasteiger partial charge in [0.05, 0.1) is 29.7 Å². The molecule has 0 radical (unpaired) electrons. The van der Waals surface area contributed by atoms with Crippen LogP contribution in [0.25, 0.3) is 22.0 Å². The number of nitrogens with two attached hydrogens (primary N) is 1. The van der Waals surface area contributed by atoms with Gasteiger partial charge in [-0.05, 0) is 78.5 Å². The van der Waals surface area contributed by atoms with Crippen LogP contribution in [0.15, 0.2) is 108 Å². The number of aromatic nitrogens is 2. The molecule has 0 bridgehead atoms. The van der Waals surface area contributed by atoms with E-state index in [1.165, 1.54) is 29.5 Å². The molecule has 5 heteroatoms. The Labute approximate surface area is 235 Å². The van der Waals surface area contributed by atoms with Gasteiger partial charge in [0.15, 0.2) is 0 Å². The van der Waals surface area contributed by atoms with Gasteiger partial charge >= 0.3 is 0 Å². The predicted molar refractivity (Wildman–Crippen MR) is 162 cm³/mol. The van der Waals surface area contributed by atoms with Crippen LogP contribution in [0.5, 0.6) is 0 Å². The summed E-state index contributed by atoms with van der Waals surface area (Å²) in [5.41, 5.74) is 12.9. The van der Waals surface area contributed by atoms with Crippen LogP contribution in [0.4, 0.5) is 5.95 Å². The van der Waals surface area contributed by atoms with Crippen molar-refractivity contribution < 1.29 is 4.74 Å². The summed E-state index contributed by atoms with van der Waals surface area (Å²) in [5, 5.41) is 0.575. The van der Waals surface area contributed by atoms with Gasteiger partial charge in [-0.15, -0.1) is 0 Å². The maximum absolute atomic E-state index is 13.4. The summed E-state index contributed by atoms with van der Waals surface area (Å²) >= 11 is 0. The molecular weight excluding hydrogens is 494 g/mol. The topological polar surface area (TPSA) is 70.1 Å². The molecule has 0 amide bonds. The largest absolute Gasteiger partial charge is 0.369 e. The molecule has 1 saturated heterocycles. The van der Waals surface area contributed by atoms with E-state index in [2.05, 4.69) is 71.7 Å². The van der Waals surface area contributed by atoms with E-state index in [1.54, 1.807) is 4.57 Å². The highest BCUT2D eigenvalue weighted by Gasteiger charge is 2.27. The lowest BCUT2D eigenvalue weighted by atomic mass is 9.99. The fraction of sp³-hybridized carbons (Fsp3) is 0.257. The molecule has 0 spiro atoms. The summed E-state index contributed by atoms with van der Waals surface area (Å²) in [6.45, 7) is 0.408. The van der Waals surface area contributed by atoms with E-state index in [4.69, 9.17) is 10.5 Å². The van der Waals surface area contributed by atoms with E-state index in [-0.39, 0.29) is 23.7 Å². The van der Waals surface area contributed by atoms with Gasteiger partial charge in [-0.2, -0.15) is 0 Å². The Bertz CT molecular complexity index is 1630. The second kappa shape index (κ2) is 11.9. The lowest BCUT2D eigenvalue weighted by Gasteiger charge is -2.17. The van der Waals surface area contributed by atoms with Crippen molar-refractivity contribution in [2.24, 2.45) is 0 Å². The van der Waals surface area contributed by atoms with E-state index < -0.39 is 0 Å². The summed E-state index contributed by atoms with van der Waals surface area (Å²) in [4.78, 5) is 18.0. The zero-order valence-electron chi connectivity index (χ0n) is 22.7. The molecule has 5 aromatic rings. The van der Waals surface area contributed by atoms with Gasteiger partial charge in [0.2, 0.25) is 5.95 Å². The number of hydrogen-bond donors (Lipinski definition) is 1. The first-order valence-corrected chi connectivity index (χ1v) is 14.3. The zero-order chi connectivity index (χ0) is 27.3. The van der Waals surface area contributed by atoms with E-state index in [9.17, 15) is 4.79 Å². The van der Waals surface area contributed by atoms with Crippen molar-refractivity contribution in [3.8, 4) is 11.1 Å².